The summed E-state index contributed by atoms with van der Waals surface area (Å²) >= 11 is 0. The molecule has 0 fully saturated rings. The minimum atomic E-state index is -0.268. The zero-order valence-electron chi connectivity index (χ0n) is 15.8. The van der Waals surface area contributed by atoms with Crippen molar-refractivity contribution in [3.05, 3.63) is 83.3 Å². The van der Waals surface area contributed by atoms with E-state index < -0.39 is 0 Å². The fourth-order valence-corrected chi connectivity index (χ4v) is 2.59. The van der Waals surface area contributed by atoms with Gasteiger partial charge in [-0.3, -0.25) is 9.59 Å². The van der Waals surface area contributed by atoms with E-state index in [0.29, 0.717) is 29.3 Å². The molecule has 0 saturated carbocycles. The summed E-state index contributed by atoms with van der Waals surface area (Å²) in [5.41, 5.74) is 3.14. The molecule has 2 N–H and O–H groups in total. The molecule has 0 atom stereocenters. The molecule has 2 amide bonds. The lowest BCUT2D eigenvalue weighted by Crippen LogP contribution is -2.23. The van der Waals surface area contributed by atoms with E-state index in [1.807, 2.05) is 32.0 Å². The molecule has 0 spiro atoms. The summed E-state index contributed by atoms with van der Waals surface area (Å²) in [7, 11) is 0. The van der Waals surface area contributed by atoms with Crippen molar-refractivity contribution in [3.63, 3.8) is 0 Å². The molecule has 0 aliphatic heterocycles. The Balaban J connectivity index is 1.49. The van der Waals surface area contributed by atoms with Crippen molar-refractivity contribution in [2.45, 2.75) is 20.4 Å². The molecule has 144 valence electrons. The van der Waals surface area contributed by atoms with Crippen LogP contribution >= 0.6 is 0 Å². The molecular formula is C22H22N2O4. The highest BCUT2D eigenvalue weighted by Crippen LogP contribution is 2.19. The minimum absolute atomic E-state index is 0.0876. The summed E-state index contributed by atoms with van der Waals surface area (Å²) in [5.74, 6) is 0.892. The number of aryl methyl sites for hydroxylation is 2. The van der Waals surface area contributed by atoms with E-state index in [4.69, 9.17) is 9.15 Å². The van der Waals surface area contributed by atoms with Gasteiger partial charge in [-0.05, 0) is 67.4 Å². The molecule has 1 aromatic heterocycles. The zero-order chi connectivity index (χ0) is 19.9. The lowest BCUT2D eigenvalue weighted by Gasteiger charge is -2.11. The fourth-order valence-electron chi connectivity index (χ4n) is 2.59. The Morgan fingerprint density at radius 2 is 1.82 bits per heavy atom. The molecule has 2 aromatic carbocycles. The van der Waals surface area contributed by atoms with Crippen LogP contribution in [0.15, 0.2) is 65.3 Å². The third kappa shape index (κ3) is 5.23. The van der Waals surface area contributed by atoms with Gasteiger partial charge in [0.15, 0.2) is 6.61 Å². The highest BCUT2D eigenvalue weighted by Gasteiger charge is 2.09. The molecule has 3 aromatic rings. The largest absolute Gasteiger partial charge is 0.483 e. The van der Waals surface area contributed by atoms with Gasteiger partial charge in [0.05, 0.1) is 12.8 Å². The number of ether oxygens (including phenoxy) is 1. The van der Waals surface area contributed by atoms with Crippen LogP contribution in [0.25, 0.3) is 0 Å². The van der Waals surface area contributed by atoms with Crippen molar-refractivity contribution in [3.8, 4) is 5.75 Å². The third-order valence-corrected chi connectivity index (χ3v) is 4.14. The van der Waals surface area contributed by atoms with Crippen LogP contribution in [-0.2, 0) is 11.3 Å². The third-order valence-electron chi connectivity index (χ3n) is 4.14. The standard InChI is InChI=1S/C22H22N2O4/c1-15-5-6-16(2)20(12-15)28-14-21(25)24-18-9-7-17(8-10-18)22(26)23-13-19-4-3-11-27-19/h3-12H,13-14H2,1-2H3,(H,23,26)(H,24,25). The molecule has 1 heterocycles. The number of carbonyl (C=O) groups is 2. The topological polar surface area (TPSA) is 80.6 Å². The molecule has 0 bridgehead atoms. The normalized spacial score (nSPS) is 10.4. The zero-order valence-corrected chi connectivity index (χ0v) is 15.8. The Hall–Kier alpha value is -3.54. The maximum atomic E-state index is 12.1. The van der Waals surface area contributed by atoms with E-state index in [-0.39, 0.29) is 18.4 Å². The SMILES string of the molecule is Cc1ccc(C)c(OCC(=O)Nc2ccc(C(=O)NCc3ccco3)cc2)c1. The fraction of sp³-hybridized carbons (Fsp3) is 0.182. The first-order valence-electron chi connectivity index (χ1n) is 8.92. The summed E-state index contributed by atoms with van der Waals surface area (Å²) in [6.07, 6.45) is 1.56. The molecule has 0 aliphatic rings. The van der Waals surface area contributed by atoms with Crippen molar-refractivity contribution in [2.75, 3.05) is 11.9 Å². The number of carbonyl (C=O) groups excluding carboxylic acids is 2. The first-order chi connectivity index (χ1) is 13.5. The summed E-state index contributed by atoms with van der Waals surface area (Å²) < 4.78 is 10.8. The number of hydrogen-bond donors (Lipinski definition) is 2. The molecule has 0 unspecified atom stereocenters. The van der Waals surface area contributed by atoms with Gasteiger partial charge in [0.1, 0.15) is 11.5 Å². The second-order valence-electron chi connectivity index (χ2n) is 6.45. The van der Waals surface area contributed by atoms with Gasteiger partial charge < -0.3 is 19.8 Å². The average molecular weight is 378 g/mol. The van der Waals surface area contributed by atoms with E-state index in [1.165, 1.54) is 0 Å². The van der Waals surface area contributed by atoms with E-state index >= 15 is 0 Å². The van der Waals surface area contributed by atoms with Gasteiger partial charge in [-0.25, -0.2) is 0 Å². The van der Waals surface area contributed by atoms with Gasteiger partial charge >= 0.3 is 0 Å². The summed E-state index contributed by atoms with van der Waals surface area (Å²) in [6, 6.07) is 16.1. The van der Waals surface area contributed by atoms with E-state index in [1.54, 1.807) is 42.7 Å². The predicted octanol–water partition coefficient (Wildman–Crippen LogP) is 3.84. The van der Waals surface area contributed by atoms with Gasteiger partial charge in [-0.15, -0.1) is 0 Å². The Morgan fingerprint density at radius 1 is 1.04 bits per heavy atom. The quantitative estimate of drug-likeness (QED) is 0.654. The monoisotopic (exact) mass is 378 g/mol. The van der Waals surface area contributed by atoms with Crippen molar-refractivity contribution >= 4 is 17.5 Å². The van der Waals surface area contributed by atoms with Crippen molar-refractivity contribution < 1.29 is 18.7 Å². The number of amides is 2. The van der Waals surface area contributed by atoms with Gasteiger partial charge in [-0.1, -0.05) is 12.1 Å². The van der Waals surface area contributed by atoms with Crippen LogP contribution in [-0.4, -0.2) is 18.4 Å². The Labute approximate surface area is 163 Å². The molecule has 6 heteroatoms. The Bertz CT molecular complexity index is 947. The van der Waals surface area contributed by atoms with Crippen molar-refractivity contribution in [1.82, 2.24) is 5.32 Å². The maximum Gasteiger partial charge on any atom is 0.262 e. The molecule has 0 radical (unpaired) electrons. The van der Waals surface area contributed by atoms with Crippen LogP contribution in [0.4, 0.5) is 5.69 Å². The van der Waals surface area contributed by atoms with Gasteiger partial charge in [0, 0.05) is 11.3 Å². The van der Waals surface area contributed by atoms with E-state index in [2.05, 4.69) is 10.6 Å². The Morgan fingerprint density at radius 3 is 2.54 bits per heavy atom. The molecule has 3 rings (SSSR count). The molecule has 6 nitrogen and oxygen atoms in total. The van der Waals surface area contributed by atoms with Gasteiger partial charge in [0.2, 0.25) is 0 Å². The van der Waals surface area contributed by atoms with Crippen LogP contribution in [0.3, 0.4) is 0 Å². The Kier molecular flexibility index (Phi) is 6.11. The maximum absolute atomic E-state index is 12.1. The number of hydrogen-bond acceptors (Lipinski definition) is 4. The smallest absolute Gasteiger partial charge is 0.262 e. The highest BCUT2D eigenvalue weighted by molar-refractivity contribution is 5.96. The van der Waals surface area contributed by atoms with Crippen LogP contribution in [0.5, 0.6) is 5.75 Å². The van der Waals surface area contributed by atoms with Crippen molar-refractivity contribution in [1.29, 1.82) is 0 Å². The van der Waals surface area contributed by atoms with Crippen LogP contribution in [0.1, 0.15) is 27.2 Å². The average Bonchev–Trinajstić information content (AvgIpc) is 3.21. The minimum Gasteiger partial charge on any atom is -0.483 e. The first-order valence-corrected chi connectivity index (χ1v) is 8.92. The summed E-state index contributed by atoms with van der Waals surface area (Å²) in [4.78, 5) is 24.2. The molecular weight excluding hydrogens is 356 g/mol. The number of benzene rings is 2. The summed E-state index contributed by atoms with van der Waals surface area (Å²) in [5, 5.41) is 5.53. The second kappa shape index (κ2) is 8.90. The predicted molar refractivity (Wildman–Crippen MR) is 106 cm³/mol. The van der Waals surface area contributed by atoms with Crippen LogP contribution < -0.4 is 15.4 Å². The van der Waals surface area contributed by atoms with E-state index in [9.17, 15) is 9.59 Å². The summed E-state index contributed by atoms with van der Waals surface area (Å²) in [6.45, 7) is 4.14. The van der Waals surface area contributed by atoms with E-state index in [0.717, 1.165) is 11.1 Å². The van der Waals surface area contributed by atoms with Gasteiger partial charge in [0.25, 0.3) is 11.8 Å². The number of rotatable bonds is 7. The lowest BCUT2D eigenvalue weighted by molar-refractivity contribution is -0.118. The highest BCUT2D eigenvalue weighted by atomic mass is 16.5. The molecule has 28 heavy (non-hydrogen) atoms. The number of anilines is 1. The van der Waals surface area contributed by atoms with Gasteiger partial charge in [-0.2, -0.15) is 0 Å². The molecule has 0 saturated heterocycles. The van der Waals surface area contributed by atoms with Crippen LogP contribution in [0.2, 0.25) is 0 Å². The molecule has 0 aliphatic carbocycles. The second-order valence-corrected chi connectivity index (χ2v) is 6.45. The number of furan rings is 1. The number of nitrogens with one attached hydrogen (secondary N) is 2. The first kappa shape index (κ1) is 19.2. The van der Waals surface area contributed by atoms with Crippen molar-refractivity contribution in [2.24, 2.45) is 0 Å². The lowest BCUT2D eigenvalue weighted by atomic mass is 10.1. The van der Waals surface area contributed by atoms with Crippen LogP contribution in [0, 0.1) is 13.8 Å².